The van der Waals surface area contributed by atoms with Gasteiger partial charge < -0.3 is 15.4 Å². The lowest BCUT2D eigenvalue weighted by Gasteiger charge is -2.37. The van der Waals surface area contributed by atoms with Crippen molar-refractivity contribution >= 4 is 6.09 Å². The van der Waals surface area contributed by atoms with Gasteiger partial charge in [0.05, 0.1) is 0 Å². The van der Waals surface area contributed by atoms with Crippen molar-refractivity contribution in [3.05, 3.63) is 35.4 Å². The summed E-state index contributed by atoms with van der Waals surface area (Å²) >= 11 is 0. The molecule has 0 unspecified atom stereocenters. The fourth-order valence-corrected chi connectivity index (χ4v) is 2.89. The van der Waals surface area contributed by atoms with Crippen molar-refractivity contribution in [2.24, 2.45) is 5.73 Å². The number of amides is 1. The van der Waals surface area contributed by atoms with E-state index in [0.29, 0.717) is 19.0 Å². The van der Waals surface area contributed by atoms with Crippen LogP contribution in [0.25, 0.3) is 0 Å². The number of hydrogen-bond donors (Lipinski definition) is 1. The average Bonchev–Trinajstić information content (AvgIpc) is 2.45. The Labute approximate surface area is 133 Å². The molecule has 2 atom stereocenters. The lowest BCUT2D eigenvalue weighted by molar-refractivity contribution is 0.0186. The van der Waals surface area contributed by atoms with Crippen LogP contribution in [0.3, 0.4) is 0 Å². The van der Waals surface area contributed by atoms with Gasteiger partial charge in [-0.25, -0.2) is 4.79 Å². The van der Waals surface area contributed by atoms with Crippen LogP contribution in [-0.2, 0) is 11.2 Å². The molecule has 1 fully saturated rings. The molecule has 122 valence electrons. The van der Waals surface area contributed by atoms with E-state index in [4.69, 9.17) is 10.5 Å². The molecule has 1 aromatic carbocycles. The van der Waals surface area contributed by atoms with Crippen molar-refractivity contribution in [3.8, 4) is 0 Å². The summed E-state index contributed by atoms with van der Waals surface area (Å²) in [5.41, 5.74) is 8.47. The van der Waals surface area contributed by atoms with Crippen molar-refractivity contribution < 1.29 is 9.53 Å². The van der Waals surface area contributed by atoms with Gasteiger partial charge in [0.2, 0.25) is 0 Å². The fourth-order valence-electron chi connectivity index (χ4n) is 2.89. The Kier molecular flexibility index (Phi) is 5.12. The van der Waals surface area contributed by atoms with Crippen LogP contribution in [0.2, 0.25) is 0 Å². The van der Waals surface area contributed by atoms with E-state index in [-0.39, 0.29) is 12.1 Å². The standard InChI is InChI=1S/C18H28N2O2/c1-5-13-6-8-14(9-7-13)15-10-11-20(12-16(15)19)17(21)22-18(2,3)4/h6-9,15-16H,5,10-12,19H2,1-4H3/t15-,16-/m0/s1. The van der Waals surface area contributed by atoms with Crippen LogP contribution in [-0.4, -0.2) is 35.7 Å². The summed E-state index contributed by atoms with van der Waals surface area (Å²) in [5.74, 6) is 0.310. The van der Waals surface area contributed by atoms with Gasteiger partial charge in [0.25, 0.3) is 0 Å². The van der Waals surface area contributed by atoms with Crippen LogP contribution in [0.15, 0.2) is 24.3 Å². The van der Waals surface area contributed by atoms with Crippen molar-refractivity contribution in [1.82, 2.24) is 4.90 Å². The molecule has 0 spiro atoms. The number of piperidine rings is 1. The van der Waals surface area contributed by atoms with Crippen LogP contribution in [0.5, 0.6) is 0 Å². The predicted molar refractivity (Wildman–Crippen MR) is 89.0 cm³/mol. The molecule has 2 N–H and O–H groups in total. The summed E-state index contributed by atoms with van der Waals surface area (Å²) in [5, 5.41) is 0. The van der Waals surface area contributed by atoms with Crippen molar-refractivity contribution in [1.29, 1.82) is 0 Å². The van der Waals surface area contributed by atoms with E-state index in [1.54, 1.807) is 4.90 Å². The number of nitrogens with two attached hydrogens (primary N) is 1. The molecule has 1 aliphatic rings. The summed E-state index contributed by atoms with van der Waals surface area (Å²) in [6.45, 7) is 9.05. The van der Waals surface area contributed by atoms with Gasteiger partial charge in [0, 0.05) is 25.0 Å². The van der Waals surface area contributed by atoms with Crippen LogP contribution in [0.4, 0.5) is 4.79 Å². The summed E-state index contributed by atoms with van der Waals surface area (Å²) in [4.78, 5) is 13.9. The van der Waals surface area contributed by atoms with Gasteiger partial charge in [0.15, 0.2) is 0 Å². The van der Waals surface area contributed by atoms with Gasteiger partial charge in [-0.2, -0.15) is 0 Å². The molecule has 1 saturated heterocycles. The smallest absolute Gasteiger partial charge is 0.410 e. The summed E-state index contributed by atoms with van der Waals surface area (Å²) in [6.07, 6.45) is 1.66. The Morgan fingerprint density at radius 2 is 1.95 bits per heavy atom. The Balaban J connectivity index is 1.98. The van der Waals surface area contributed by atoms with Crippen LogP contribution in [0.1, 0.15) is 51.2 Å². The molecule has 1 aromatic rings. The molecule has 0 bridgehead atoms. The number of benzene rings is 1. The number of carbonyl (C=O) groups is 1. The molecule has 0 aliphatic carbocycles. The maximum Gasteiger partial charge on any atom is 0.410 e. The molecule has 2 rings (SSSR count). The first-order valence-corrected chi connectivity index (χ1v) is 8.12. The highest BCUT2D eigenvalue weighted by atomic mass is 16.6. The summed E-state index contributed by atoms with van der Waals surface area (Å²) in [7, 11) is 0. The van der Waals surface area contributed by atoms with E-state index in [0.717, 1.165) is 12.8 Å². The minimum absolute atomic E-state index is 0.0475. The van der Waals surface area contributed by atoms with E-state index in [9.17, 15) is 4.79 Å². The topological polar surface area (TPSA) is 55.6 Å². The molecule has 0 saturated carbocycles. The van der Waals surface area contributed by atoms with Crippen molar-refractivity contribution in [2.75, 3.05) is 13.1 Å². The molecular formula is C18H28N2O2. The zero-order valence-electron chi connectivity index (χ0n) is 14.1. The molecule has 4 nitrogen and oxygen atoms in total. The predicted octanol–water partition coefficient (Wildman–Crippen LogP) is 3.30. The number of carbonyl (C=O) groups excluding carboxylic acids is 1. The number of hydrogen-bond acceptors (Lipinski definition) is 3. The first kappa shape index (κ1) is 16.8. The Bertz CT molecular complexity index is 505. The summed E-state index contributed by atoms with van der Waals surface area (Å²) in [6, 6.07) is 8.64. The maximum atomic E-state index is 12.1. The third-order valence-electron chi connectivity index (χ3n) is 4.13. The number of aryl methyl sites for hydroxylation is 1. The van der Waals surface area contributed by atoms with Gasteiger partial charge in [-0.05, 0) is 44.7 Å². The Morgan fingerprint density at radius 3 is 2.45 bits per heavy atom. The lowest BCUT2D eigenvalue weighted by atomic mass is 9.85. The maximum absolute atomic E-state index is 12.1. The highest BCUT2D eigenvalue weighted by Crippen LogP contribution is 2.28. The van der Waals surface area contributed by atoms with Gasteiger partial charge >= 0.3 is 6.09 Å². The number of nitrogens with zero attached hydrogens (tertiary/aromatic N) is 1. The van der Waals surface area contributed by atoms with Crippen LogP contribution in [0, 0.1) is 0 Å². The second kappa shape index (κ2) is 6.69. The van der Waals surface area contributed by atoms with Crippen molar-refractivity contribution in [2.45, 2.75) is 58.1 Å². The van der Waals surface area contributed by atoms with E-state index < -0.39 is 5.60 Å². The van der Waals surface area contributed by atoms with Gasteiger partial charge in [0.1, 0.15) is 5.60 Å². The Morgan fingerprint density at radius 1 is 1.32 bits per heavy atom. The second-order valence-electron chi connectivity index (χ2n) is 7.08. The molecule has 22 heavy (non-hydrogen) atoms. The van der Waals surface area contributed by atoms with Crippen molar-refractivity contribution in [3.63, 3.8) is 0 Å². The normalized spacial score (nSPS) is 22.5. The molecule has 1 aliphatic heterocycles. The molecule has 0 aromatic heterocycles. The molecule has 1 amide bonds. The highest BCUT2D eigenvalue weighted by molar-refractivity contribution is 5.68. The largest absolute Gasteiger partial charge is 0.444 e. The second-order valence-corrected chi connectivity index (χ2v) is 7.08. The minimum atomic E-state index is -0.464. The van der Waals surface area contributed by atoms with E-state index >= 15 is 0 Å². The molecule has 1 heterocycles. The van der Waals surface area contributed by atoms with Gasteiger partial charge in [-0.1, -0.05) is 31.2 Å². The Hall–Kier alpha value is -1.55. The van der Waals surface area contributed by atoms with Crippen LogP contribution < -0.4 is 5.73 Å². The highest BCUT2D eigenvalue weighted by Gasteiger charge is 2.32. The first-order valence-electron chi connectivity index (χ1n) is 8.12. The summed E-state index contributed by atoms with van der Waals surface area (Å²) < 4.78 is 5.43. The van der Waals surface area contributed by atoms with E-state index in [2.05, 4.69) is 31.2 Å². The minimum Gasteiger partial charge on any atom is -0.444 e. The molecule has 4 heteroatoms. The molecular weight excluding hydrogens is 276 g/mol. The van der Waals surface area contributed by atoms with Crippen LogP contribution >= 0.6 is 0 Å². The SMILES string of the molecule is CCc1ccc([C@@H]2CCN(C(=O)OC(C)(C)C)C[C@@H]2N)cc1. The monoisotopic (exact) mass is 304 g/mol. The van der Waals surface area contributed by atoms with E-state index in [1.165, 1.54) is 11.1 Å². The first-order chi connectivity index (χ1) is 10.3. The van der Waals surface area contributed by atoms with E-state index in [1.807, 2.05) is 20.8 Å². The third-order valence-corrected chi connectivity index (χ3v) is 4.13. The molecule has 0 radical (unpaired) electrons. The van der Waals surface area contributed by atoms with Gasteiger partial charge in [-0.15, -0.1) is 0 Å². The third kappa shape index (κ3) is 4.23. The quantitative estimate of drug-likeness (QED) is 0.912. The zero-order valence-corrected chi connectivity index (χ0v) is 14.1. The fraction of sp³-hybridized carbons (Fsp3) is 0.611. The number of ether oxygens (including phenoxy) is 1. The zero-order chi connectivity index (χ0) is 16.3. The van der Waals surface area contributed by atoms with Gasteiger partial charge in [-0.3, -0.25) is 0 Å². The number of likely N-dealkylation sites (tertiary alicyclic amines) is 1. The number of rotatable bonds is 2. The lowest BCUT2D eigenvalue weighted by Crippen LogP contribution is -2.50. The average molecular weight is 304 g/mol.